The van der Waals surface area contributed by atoms with Crippen LogP contribution in [0.3, 0.4) is 0 Å². The Balaban J connectivity index is 2.02. The molecule has 1 aliphatic carbocycles. The summed E-state index contributed by atoms with van der Waals surface area (Å²) in [5.41, 5.74) is 0. The van der Waals surface area contributed by atoms with Crippen LogP contribution in [-0.2, 0) is 4.74 Å². The van der Waals surface area contributed by atoms with E-state index in [0.717, 1.165) is 11.8 Å². The molecule has 0 bridgehead atoms. The maximum absolute atomic E-state index is 5.64. The van der Waals surface area contributed by atoms with Gasteiger partial charge in [0.2, 0.25) is 0 Å². The quantitative estimate of drug-likeness (QED) is 0.543. The van der Waals surface area contributed by atoms with Gasteiger partial charge in [-0.3, -0.25) is 0 Å². The third-order valence-electron chi connectivity index (χ3n) is 3.00. The van der Waals surface area contributed by atoms with Crippen LogP contribution in [0.15, 0.2) is 4.99 Å². The van der Waals surface area contributed by atoms with Crippen molar-refractivity contribution in [3.63, 3.8) is 0 Å². The van der Waals surface area contributed by atoms with Crippen LogP contribution in [0.2, 0.25) is 0 Å². The number of ether oxygens (including phenoxy) is 1. The van der Waals surface area contributed by atoms with E-state index >= 15 is 0 Å². The second kappa shape index (κ2) is 3.08. The van der Waals surface area contributed by atoms with E-state index in [4.69, 9.17) is 4.74 Å². The lowest BCUT2D eigenvalue weighted by Gasteiger charge is -2.12. The van der Waals surface area contributed by atoms with Crippen LogP contribution in [-0.4, -0.2) is 18.0 Å². The summed E-state index contributed by atoms with van der Waals surface area (Å²) >= 11 is 0. The molecule has 3 atom stereocenters. The minimum atomic E-state index is 0.412. The zero-order chi connectivity index (χ0) is 8.55. The third kappa shape index (κ3) is 1.47. The molecule has 0 amide bonds. The molecule has 1 fully saturated rings. The molecule has 2 aliphatic rings. The summed E-state index contributed by atoms with van der Waals surface area (Å²) in [6, 6.07) is 0.481. The maximum atomic E-state index is 5.64. The number of rotatable bonds is 0. The standard InChI is InChI=1S/C10H17NO/c1-7-3-5-9-10(6-4-7)12-8(2)11-9/h7,9-10H,3-6H2,1-2H3. The van der Waals surface area contributed by atoms with Crippen molar-refractivity contribution in [2.75, 3.05) is 0 Å². The largest absolute Gasteiger partial charge is 0.476 e. The Labute approximate surface area is 74.0 Å². The molecule has 1 saturated carbocycles. The Morgan fingerprint density at radius 3 is 2.83 bits per heavy atom. The average Bonchev–Trinajstić information content (AvgIpc) is 2.31. The first kappa shape index (κ1) is 8.09. The Bertz CT molecular complexity index is 200. The Morgan fingerprint density at radius 1 is 1.25 bits per heavy atom. The van der Waals surface area contributed by atoms with Gasteiger partial charge in [-0.1, -0.05) is 6.92 Å². The fraction of sp³-hybridized carbons (Fsp3) is 0.900. The van der Waals surface area contributed by atoms with Gasteiger partial charge in [-0.2, -0.15) is 0 Å². The van der Waals surface area contributed by atoms with E-state index in [1.807, 2.05) is 6.92 Å². The van der Waals surface area contributed by atoms with Gasteiger partial charge in [0.05, 0.1) is 6.04 Å². The van der Waals surface area contributed by atoms with Crippen LogP contribution < -0.4 is 0 Å². The minimum absolute atomic E-state index is 0.412. The van der Waals surface area contributed by atoms with Gasteiger partial charge in [0.1, 0.15) is 6.10 Å². The molecule has 1 heterocycles. The van der Waals surface area contributed by atoms with Crippen molar-refractivity contribution in [2.24, 2.45) is 10.9 Å². The molecule has 0 spiro atoms. The number of aliphatic imine (C=N–C) groups is 1. The number of hydrogen-bond acceptors (Lipinski definition) is 2. The normalized spacial score (nSPS) is 41.2. The van der Waals surface area contributed by atoms with Gasteiger partial charge >= 0.3 is 0 Å². The molecule has 0 aromatic heterocycles. The highest BCUT2D eigenvalue weighted by Crippen LogP contribution is 2.30. The SMILES string of the molecule is CC1=NC2CCC(C)CCC2O1. The van der Waals surface area contributed by atoms with Crippen LogP contribution in [0, 0.1) is 5.92 Å². The Kier molecular flexibility index (Phi) is 2.07. The van der Waals surface area contributed by atoms with Gasteiger partial charge in [-0.25, -0.2) is 4.99 Å². The molecule has 2 heteroatoms. The van der Waals surface area contributed by atoms with Gasteiger partial charge in [-0.15, -0.1) is 0 Å². The molecule has 0 radical (unpaired) electrons. The van der Waals surface area contributed by atoms with Crippen molar-refractivity contribution in [1.82, 2.24) is 0 Å². The summed E-state index contributed by atoms with van der Waals surface area (Å²) in [5, 5.41) is 0. The first-order valence-corrected chi connectivity index (χ1v) is 4.97. The van der Waals surface area contributed by atoms with Crippen LogP contribution in [0.4, 0.5) is 0 Å². The second-order valence-corrected chi connectivity index (χ2v) is 4.13. The number of fused-ring (bicyclic) bond motifs is 1. The van der Waals surface area contributed by atoms with E-state index in [0.29, 0.717) is 12.1 Å². The van der Waals surface area contributed by atoms with Crippen molar-refractivity contribution in [1.29, 1.82) is 0 Å². The zero-order valence-corrected chi connectivity index (χ0v) is 7.92. The van der Waals surface area contributed by atoms with E-state index in [1.54, 1.807) is 0 Å². The smallest absolute Gasteiger partial charge is 0.180 e. The van der Waals surface area contributed by atoms with Gasteiger partial charge in [-0.05, 0) is 31.6 Å². The van der Waals surface area contributed by atoms with E-state index in [1.165, 1.54) is 25.7 Å². The van der Waals surface area contributed by atoms with Crippen LogP contribution in [0.1, 0.15) is 39.5 Å². The highest BCUT2D eigenvalue weighted by Gasteiger charge is 2.31. The number of hydrogen-bond donors (Lipinski definition) is 0. The summed E-state index contributed by atoms with van der Waals surface area (Å²) in [6.07, 6.45) is 5.47. The fourth-order valence-corrected chi connectivity index (χ4v) is 2.19. The van der Waals surface area contributed by atoms with Gasteiger partial charge in [0.15, 0.2) is 5.90 Å². The molecule has 12 heavy (non-hydrogen) atoms. The van der Waals surface area contributed by atoms with Crippen LogP contribution in [0.25, 0.3) is 0 Å². The molecule has 2 rings (SSSR count). The molecule has 3 unspecified atom stereocenters. The van der Waals surface area contributed by atoms with Crippen molar-refractivity contribution in [3.05, 3.63) is 0 Å². The van der Waals surface area contributed by atoms with Crippen molar-refractivity contribution in [3.8, 4) is 0 Å². The van der Waals surface area contributed by atoms with Gasteiger partial charge < -0.3 is 4.74 Å². The first-order chi connectivity index (χ1) is 5.75. The third-order valence-corrected chi connectivity index (χ3v) is 3.00. The monoisotopic (exact) mass is 167 g/mol. The second-order valence-electron chi connectivity index (χ2n) is 4.13. The average molecular weight is 167 g/mol. The zero-order valence-electron chi connectivity index (χ0n) is 7.92. The minimum Gasteiger partial charge on any atom is -0.476 e. The highest BCUT2D eigenvalue weighted by molar-refractivity contribution is 5.75. The maximum Gasteiger partial charge on any atom is 0.180 e. The molecule has 0 aromatic rings. The summed E-state index contributed by atoms with van der Waals surface area (Å²) in [6.45, 7) is 4.30. The summed E-state index contributed by atoms with van der Waals surface area (Å²) in [5.74, 6) is 1.77. The molecule has 0 N–H and O–H groups in total. The van der Waals surface area contributed by atoms with Crippen LogP contribution >= 0.6 is 0 Å². The predicted octanol–water partition coefficient (Wildman–Crippen LogP) is 2.38. The topological polar surface area (TPSA) is 21.6 Å². The van der Waals surface area contributed by atoms with Crippen molar-refractivity contribution in [2.45, 2.75) is 51.7 Å². The molecule has 2 nitrogen and oxygen atoms in total. The Morgan fingerprint density at radius 2 is 2.00 bits per heavy atom. The summed E-state index contributed by atoms with van der Waals surface area (Å²) in [7, 11) is 0. The first-order valence-electron chi connectivity index (χ1n) is 4.97. The van der Waals surface area contributed by atoms with E-state index in [9.17, 15) is 0 Å². The molecule has 0 saturated heterocycles. The number of nitrogens with zero attached hydrogens (tertiary/aromatic N) is 1. The van der Waals surface area contributed by atoms with Gasteiger partial charge in [0, 0.05) is 6.92 Å². The molecule has 68 valence electrons. The Hall–Kier alpha value is -0.530. The molecule has 0 aromatic carbocycles. The van der Waals surface area contributed by atoms with E-state index in [-0.39, 0.29) is 0 Å². The molecular formula is C10H17NO. The molecule has 1 aliphatic heterocycles. The lowest BCUT2D eigenvalue weighted by atomic mass is 10.0. The predicted molar refractivity (Wildman–Crippen MR) is 49.4 cm³/mol. The van der Waals surface area contributed by atoms with Crippen LogP contribution in [0.5, 0.6) is 0 Å². The van der Waals surface area contributed by atoms with Crippen molar-refractivity contribution >= 4 is 5.90 Å². The van der Waals surface area contributed by atoms with Gasteiger partial charge in [0.25, 0.3) is 0 Å². The lowest BCUT2D eigenvalue weighted by Crippen LogP contribution is -2.20. The lowest BCUT2D eigenvalue weighted by molar-refractivity contribution is 0.180. The fourth-order valence-electron chi connectivity index (χ4n) is 2.19. The summed E-state index contributed by atoms with van der Waals surface area (Å²) in [4.78, 5) is 4.50. The van der Waals surface area contributed by atoms with Crippen molar-refractivity contribution < 1.29 is 4.74 Å². The van der Waals surface area contributed by atoms with E-state index in [2.05, 4.69) is 11.9 Å². The molecular weight excluding hydrogens is 150 g/mol. The van der Waals surface area contributed by atoms with E-state index < -0.39 is 0 Å². The summed E-state index contributed by atoms with van der Waals surface area (Å²) < 4.78 is 5.64. The highest BCUT2D eigenvalue weighted by atomic mass is 16.5.